The molecule has 3 nitrogen and oxygen atoms in total. The van der Waals surface area contributed by atoms with Crippen LogP contribution >= 0.6 is 0 Å². The summed E-state index contributed by atoms with van der Waals surface area (Å²) in [6.45, 7) is 2.90. The molecule has 1 unspecified atom stereocenters. The number of benzene rings is 1. The third-order valence-corrected chi connectivity index (χ3v) is 2.83. The highest BCUT2D eigenvalue weighted by Gasteiger charge is 2.08. The summed E-state index contributed by atoms with van der Waals surface area (Å²) in [7, 11) is 0. The Labute approximate surface area is 89.7 Å². The molecule has 3 heteroatoms. The Bertz CT molecular complexity index is 396. The maximum Gasteiger partial charge on any atom is 0.107 e. The standard InChI is InChI=1S/C12H17N3/c1-2-9(8-13)7-12-14-10-5-3-4-6-11(10)15-12/h3-6,9H,2,7-8,13H2,1H3,(H,14,15). The highest BCUT2D eigenvalue weighted by Crippen LogP contribution is 2.14. The Morgan fingerprint density at radius 1 is 1.40 bits per heavy atom. The average Bonchev–Trinajstić information content (AvgIpc) is 2.68. The Hall–Kier alpha value is -1.35. The molecule has 1 atom stereocenters. The third kappa shape index (κ3) is 2.18. The molecule has 0 fully saturated rings. The molecule has 2 aromatic rings. The van der Waals surface area contributed by atoms with Gasteiger partial charge in [0.05, 0.1) is 11.0 Å². The van der Waals surface area contributed by atoms with Gasteiger partial charge in [0.15, 0.2) is 0 Å². The van der Waals surface area contributed by atoms with Crippen molar-refractivity contribution in [3.8, 4) is 0 Å². The molecule has 15 heavy (non-hydrogen) atoms. The van der Waals surface area contributed by atoms with E-state index in [1.54, 1.807) is 0 Å². The van der Waals surface area contributed by atoms with Gasteiger partial charge < -0.3 is 10.7 Å². The number of H-pyrrole nitrogens is 1. The molecule has 0 aliphatic rings. The fraction of sp³-hybridized carbons (Fsp3) is 0.417. The van der Waals surface area contributed by atoms with E-state index in [1.165, 1.54) is 0 Å². The van der Waals surface area contributed by atoms with E-state index in [9.17, 15) is 0 Å². The summed E-state index contributed by atoms with van der Waals surface area (Å²) in [5.74, 6) is 1.58. The normalized spacial score (nSPS) is 13.2. The van der Waals surface area contributed by atoms with Gasteiger partial charge in [0.2, 0.25) is 0 Å². The van der Waals surface area contributed by atoms with E-state index >= 15 is 0 Å². The second-order valence-corrected chi connectivity index (χ2v) is 3.91. The smallest absolute Gasteiger partial charge is 0.107 e. The summed E-state index contributed by atoms with van der Waals surface area (Å²) in [6, 6.07) is 8.10. The molecule has 1 heterocycles. The molecule has 80 valence electrons. The number of nitrogens with zero attached hydrogens (tertiary/aromatic N) is 1. The Morgan fingerprint density at radius 2 is 2.20 bits per heavy atom. The predicted octanol–water partition coefficient (Wildman–Crippen LogP) is 2.09. The molecule has 0 aliphatic carbocycles. The van der Waals surface area contributed by atoms with E-state index in [4.69, 9.17) is 5.73 Å². The van der Waals surface area contributed by atoms with Gasteiger partial charge in [0.1, 0.15) is 5.82 Å². The second-order valence-electron chi connectivity index (χ2n) is 3.91. The topological polar surface area (TPSA) is 54.7 Å². The SMILES string of the molecule is CCC(CN)Cc1nc2ccccc2[nH]1. The van der Waals surface area contributed by atoms with Gasteiger partial charge in [-0.15, -0.1) is 0 Å². The molecule has 0 amide bonds. The molecular formula is C12H17N3. The van der Waals surface area contributed by atoms with Gasteiger partial charge in [-0.1, -0.05) is 25.5 Å². The van der Waals surface area contributed by atoms with Crippen LogP contribution in [0.4, 0.5) is 0 Å². The molecule has 0 spiro atoms. The number of fused-ring (bicyclic) bond motifs is 1. The molecule has 0 bridgehead atoms. The number of hydrogen-bond acceptors (Lipinski definition) is 2. The minimum absolute atomic E-state index is 0.533. The summed E-state index contributed by atoms with van der Waals surface area (Å²) in [5, 5.41) is 0. The van der Waals surface area contributed by atoms with Gasteiger partial charge in [0.25, 0.3) is 0 Å². The lowest BCUT2D eigenvalue weighted by Crippen LogP contribution is -2.16. The first-order chi connectivity index (χ1) is 7.33. The van der Waals surface area contributed by atoms with Crippen molar-refractivity contribution in [3.05, 3.63) is 30.1 Å². The summed E-state index contributed by atoms with van der Waals surface area (Å²) in [6.07, 6.45) is 2.05. The van der Waals surface area contributed by atoms with Gasteiger partial charge in [-0.05, 0) is 24.6 Å². The van der Waals surface area contributed by atoms with Crippen molar-refractivity contribution < 1.29 is 0 Å². The molecular weight excluding hydrogens is 186 g/mol. The van der Waals surface area contributed by atoms with Gasteiger partial charge in [-0.3, -0.25) is 0 Å². The minimum atomic E-state index is 0.533. The fourth-order valence-corrected chi connectivity index (χ4v) is 1.77. The third-order valence-electron chi connectivity index (χ3n) is 2.83. The summed E-state index contributed by atoms with van der Waals surface area (Å²) < 4.78 is 0. The molecule has 3 N–H and O–H groups in total. The monoisotopic (exact) mass is 203 g/mol. The largest absolute Gasteiger partial charge is 0.342 e. The van der Waals surface area contributed by atoms with E-state index in [0.717, 1.165) is 36.2 Å². The van der Waals surface area contributed by atoms with E-state index in [1.807, 2.05) is 18.2 Å². The van der Waals surface area contributed by atoms with Crippen molar-refractivity contribution in [1.82, 2.24) is 9.97 Å². The first kappa shape index (κ1) is 10.2. The van der Waals surface area contributed by atoms with Crippen molar-refractivity contribution in [1.29, 1.82) is 0 Å². The van der Waals surface area contributed by atoms with Crippen LogP contribution in [0.1, 0.15) is 19.2 Å². The number of imidazole rings is 1. The summed E-state index contributed by atoms with van der Waals surface area (Å²) in [5.41, 5.74) is 7.84. The lowest BCUT2D eigenvalue weighted by molar-refractivity contribution is 0.508. The molecule has 0 radical (unpaired) electrons. The summed E-state index contributed by atoms with van der Waals surface area (Å²) >= 11 is 0. The van der Waals surface area contributed by atoms with Gasteiger partial charge in [-0.25, -0.2) is 4.98 Å². The van der Waals surface area contributed by atoms with Crippen LogP contribution in [0.2, 0.25) is 0 Å². The summed E-state index contributed by atoms with van der Waals surface area (Å²) in [4.78, 5) is 7.87. The number of para-hydroxylation sites is 2. The van der Waals surface area contributed by atoms with Crippen molar-refractivity contribution in [2.45, 2.75) is 19.8 Å². The maximum absolute atomic E-state index is 5.68. The number of nitrogens with two attached hydrogens (primary N) is 1. The highest BCUT2D eigenvalue weighted by molar-refractivity contribution is 5.74. The average molecular weight is 203 g/mol. The van der Waals surface area contributed by atoms with E-state index in [0.29, 0.717) is 5.92 Å². The first-order valence-corrected chi connectivity index (χ1v) is 5.47. The van der Waals surface area contributed by atoms with E-state index in [2.05, 4.69) is 23.0 Å². The molecule has 2 rings (SSSR count). The number of aromatic amines is 1. The van der Waals surface area contributed by atoms with E-state index in [-0.39, 0.29) is 0 Å². The van der Waals surface area contributed by atoms with Crippen LogP contribution in [0.5, 0.6) is 0 Å². The molecule has 0 saturated carbocycles. The zero-order chi connectivity index (χ0) is 10.7. The van der Waals surface area contributed by atoms with Crippen LogP contribution < -0.4 is 5.73 Å². The number of aromatic nitrogens is 2. The maximum atomic E-state index is 5.68. The zero-order valence-electron chi connectivity index (χ0n) is 9.03. The molecule has 1 aromatic heterocycles. The first-order valence-electron chi connectivity index (χ1n) is 5.47. The van der Waals surface area contributed by atoms with Crippen molar-refractivity contribution >= 4 is 11.0 Å². The van der Waals surface area contributed by atoms with Crippen LogP contribution in [0.15, 0.2) is 24.3 Å². The van der Waals surface area contributed by atoms with Crippen LogP contribution in [0.3, 0.4) is 0 Å². The molecule has 0 aliphatic heterocycles. The highest BCUT2D eigenvalue weighted by atomic mass is 14.9. The second kappa shape index (κ2) is 4.45. The number of rotatable bonds is 4. The molecule has 1 aromatic carbocycles. The quantitative estimate of drug-likeness (QED) is 0.799. The van der Waals surface area contributed by atoms with Crippen LogP contribution in [0, 0.1) is 5.92 Å². The van der Waals surface area contributed by atoms with Gasteiger partial charge in [0, 0.05) is 6.42 Å². The van der Waals surface area contributed by atoms with Crippen molar-refractivity contribution in [2.24, 2.45) is 11.7 Å². The number of hydrogen-bond donors (Lipinski definition) is 2. The zero-order valence-corrected chi connectivity index (χ0v) is 9.03. The van der Waals surface area contributed by atoms with Crippen LogP contribution in [0.25, 0.3) is 11.0 Å². The Kier molecular flexibility index (Phi) is 3.02. The van der Waals surface area contributed by atoms with E-state index < -0.39 is 0 Å². The van der Waals surface area contributed by atoms with Crippen molar-refractivity contribution in [2.75, 3.05) is 6.54 Å². The lowest BCUT2D eigenvalue weighted by Gasteiger charge is -2.08. The minimum Gasteiger partial charge on any atom is -0.342 e. The van der Waals surface area contributed by atoms with Crippen molar-refractivity contribution in [3.63, 3.8) is 0 Å². The van der Waals surface area contributed by atoms with Crippen LogP contribution in [-0.2, 0) is 6.42 Å². The fourth-order valence-electron chi connectivity index (χ4n) is 1.77. The van der Waals surface area contributed by atoms with Gasteiger partial charge >= 0.3 is 0 Å². The Balaban J connectivity index is 2.21. The predicted molar refractivity (Wildman–Crippen MR) is 62.6 cm³/mol. The Morgan fingerprint density at radius 3 is 2.87 bits per heavy atom. The number of nitrogens with one attached hydrogen (secondary N) is 1. The lowest BCUT2D eigenvalue weighted by atomic mass is 10.0. The molecule has 0 saturated heterocycles. The van der Waals surface area contributed by atoms with Crippen LogP contribution in [-0.4, -0.2) is 16.5 Å². The van der Waals surface area contributed by atoms with Gasteiger partial charge in [-0.2, -0.15) is 0 Å².